The molecule has 3 aromatic rings. The fraction of sp³-hybridized carbons (Fsp3) is 0. The average Bonchev–Trinajstić information content (AvgIpc) is 2.87. The van der Waals surface area contributed by atoms with Gasteiger partial charge in [-0.15, -0.1) is 11.3 Å². The number of hydrogen-bond donors (Lipinski definition) is 1. The Morgan fingerprint density at radius 1 is 0.944 bits per heavy atom. The van der Waals surface area contributed by atoms with Crippen LogP contribution in [-0.4, -0.2) is 9.97 Å². The van der Waals surface area contributed by atoms with E-state index < -0.39 is 0 Å². The maximum Gasteiger partial charge on any atom is 0.180 e. The van der Waals surface area contributed by atoms with Crippen LogP contribution in [0.4, 0.5) is 5.13 Å². The molecule has 2 aromatic heterocycles. The number of rotatable bonds is 2. The molecule has 0 saturated carbocycles. The molecular formula is C14H11N3S. The first-order chi connectivity index (χ1) is 8.83. The van der Waals surface area contributed by atoms with Crippen molar-refractivity contribution in [3.05, 3.63) is 54.0 Å². The quantitative estimate of drug-likeness (QED) is 0.761. The average molecular weight is 253 g/mol. The van der Waals surface area contributed by atoms with Crippen LogP contribution in [0.2, 0.25) is 0 Å². The zero-order valence-electron chi connectivity index (χ0n) is 9.58. The van der Waals surface area contributed by atoms with Gasteiger partial charge in [-0.3, -0.25) is 4.98 Å². The van der Waals surface area contributed by atoms with E-state index in [-0.39, 0.29) is 0 Å². The minimum absolute atomic E-state index is 0.591. The first-order valence-corrected chi connectivity index (χ1v) is 6.44. The molecule has 0 aliphatic rings. The summed E-state index contributed by atoms with van der Waals surface area (Å²) in [5.41, 5.74) is 9.68. The SMILES string of the molecule is Nc1nc(-c2cccc(-c3ccccn3)c2)cs1. The lowest BCUT2D eigenvalue weighted by Crippen LogP contribution is -1.85. The van der Waals surface area contributed by atoms with Crippen molar-refractivity contribution < 1.29 is 0 Å². The molecular weight excluding hydrogens is 242 g/mol. The van der Waals surface area contributed by atoms with E-state index in [9.17, 15) is 0 Å². The minimum Gasteiger partial charge on any atom is -0.375 e. The summed E-state index contributed by atoms with van der Waals surface area (Å²) < 4.78 is 0. The second-order valence-electron chi connectivity index (χ2n) is 3.87. The Balaban J connectivity index is 2.05. The lowest BCUT2D eigenvalue weighted by Gasteiger charge is -2.02. The van der Waals surface area contributed by atoms with E-state index in [4.69, 9.17) is 5.73 Å². The fourth-order valence-electron chi connectivity index (χ4n) is 1.79. The van der Waals surface area contributed by atoms with E-state index >= 15 is 0 Å². The van der Waals surface area contributed by atoms with Gasteiger partial charge in [-0.05, 0) is 18.2 Å². The molecule has 1 aromatic carbocycles. The standard InChI is InChI=1S/C14H11N3S/c15-14-17-13(9-18-14)11-5-3-4-10(8-11)12-6-1-2-7-16-12/h1-9H,(H2,15,17). The van der Waals surface area contributed by atoms with E-state index in [1.54, 1.807) is 6.20 Å². The van der Waals surface area contributed by atoms with Gasteiger partial charge in [-0.25, -0.2) is 4.98 Å². The van der Waals surface area contributed by atoms with E-state index in [0.717, 1.165) is 22.5 Å². The van der Waals surface area contributed by atoms with Crippen LogP contribution in [-0.2, 0) is 0 Å². The molecule has 0 fully saturated rings. The molecule has 0 amide bonds. The molecule has 0 bridgehead atoms. The summed E-state index contributed by atoms with van der Waals surface area (Å²) in [5.74, 6) is 0. The predicted molar refractivity (Wildman–Crippen MR) is 75.2 cm³/mol. The molecule has 2 heterocycles. The first kappa shape index (κ1) is 10.9. The molecule has 0 aliphatic heterocycles. The van der Waals surface area contributed by atoms with Gasteiger partial charge in [-0.1, -0.05) is 24.3 Å². The Hall–Kier alpha value is -2.20. The van der Waals surface area contributed by atoms with Crippen molar-refractivity contribution in [1.29, 1.82) is 0 Å². The van der Waals surface area contributed by atoms with Gasteiger partial charge in [0.05, 0.1) is 11.4 Å². The van der Waals surface area contributed by atoms with Gasteiger partial charge < -0.3 is 5.73 Å². The lowest BCUT2D eigenvalue weighted by molar-refractivity contribution is 1.32. The van der Waals surface area contributed by atoms with Gasteiger partial charge >= 0.3 is 0 Å². The summed E-state index contributed by atoms with van der Waals surface area (Å²) >= 11 is 1.45. The van der Waals surface area contributed by atoms with Crippen LogP contribution in [0.1, 0.15) is 0 Å². The Bertz CT molecular complexity index is 662. The molecule has 2 N–H and O–H groups in total. The molecule has 0 unspecified atom stereocenters. The van der Waals surface area contributed by atoms with E-state index in [2.05, 4.69) is 16.0 Å². The first-order valence-electron chi connectivity index (χ1n) is 5.56. The summed E-state index contributed by atoms with van der Waals surface area (Å²) in [6, 6.07) is 14.0. The smallest absolute Gasteiger partial charge is 0.180 e. The minimum atomic E-state index is 0.591. The monoisotopic (exact) mass is 253 g/mol. The number of aromatic nitrogens is 2. The Morgan fingerprint density at radius 2 is 1.78 bits per heavy atom. The van der Waals surface area contributed by atoms with E-state index in [0.29, 0.717) is 5.13 Å². The van der Waals surface area contributed by atoms with Crippen molar-refractivity contribution in [2.24, 2.45) is 0 Å². The molecule has 0 atom stereocenters. The molecule has 4 heteroatoms. The zero-order chi connectivity index (χ0) is 12.4. The lowest BCUT2D eigenvalue weighted by atomic mass is 10.1. The van der Waals surface area contributed by atoms with Crippen molar-refractivity contribution in [1.82, 2.24) is 9.97 Å². The number of pyridine rings is 1. The maximum absolute atomic E-state index is 5.66. The third kappa shape index (κ3) is 2.10. The highest BCUT2D eigenvalue weighted by Gasteiger charge is 2.04. The number of anilines is 1. The summed E-state index contributed by atoms with van der Waals surface area (Å²) in [5, 5.41) is 2.56. The summed E-state index contributed by atoms with van der Waals surface area (Å²) in [7, 11) is 0. The molecule has 88 valence electrons. The van der Waals surface area contributed by atoms with Crippen molar-refractivity contribution in [2.75, 3.05) is 5.73 Å². The third-order valence-corrected chi connectivity index (χ3v) is 3.31. The second-order valence-corrected chi connectivity index (χ2v) is 4.76. The van der Waals surface area contributed by atoms with Crippen molar-refractivity contribution in [3.63, 3.8) is 0 Å². The molecule has 3 nitrogen and oxygen atoms in total. The Labute approximate surface area is 109 Å². The topological polar surface area (TPSA) is 51.8 Å². The van der Waals surface area contributed by atoms with Crippen LogP contribution in [0.5, 0.6) is 0 Å². The molecule has 0 spiro atoms. The van der Waals surface area contributed by atoms with Gasteiger partial charge in [0.25, 0.3) is 0 Å². The summed E-state index contributed by atoms with van der Waals surface area (Å²) in [6.45, 7) is 0. The van der Waals surface area contributed by atoms with Crippen molar-refractivity contribution >= 4 is 16.5 Å². The van der Waals surface area contributed by atoms with Crippen LogP contribution in [0.25, 0.3) is 22.5 Å². The third-order valence-electron chi connectivity index (χ3n) is 2.64. The highest BCUT2D eigenvalue weighted by Crippen LogP contribution is 2.26. The van der Waals surface area contributed by atoms with Gasteiger partial charge in [0.2, 0.25) is 0 Å². The normalized spacial score (nSPS) is 10.4. The van der Waals surface area contributed by atoms with Crippen LogP contribution >= 0.6 is 11.3 Å². The second kappa shape index (κ2) is 4.58. The summed E-state index contributed by atoms with van der Waals surface area (Å²) in [4.78, 5) is 8.64. The fourth-order valence-corrected chi connectivity index (χ4v) is 2.36. The van der Waals surface area contributed by atoms with Crippen LogP contribution in [0.15, 0.2) is 54.0 Å². The predicted octanol–water partition coefficient (Wildman–Crippen LogP) is 3.45. The molecule has 18 heavy (non-hydrogen) atoms. The van der Waals surface area contributed by atoms with Gasteiger partial charge in [-0.2, -0.15) is 0 Å². The number of hydrogen-bond acceptors (Lipinski definition) is 4. The van der Waals surface area contributed by atoms with Crippen molar-refractivity contribution in [2.45, 2.75) is 0 Å². The largest absolute Gasteiger partial charge is 0.375 e. The highest BCUT2D eigenvalue weighted by molar-refractivity contribution is 7.13. The number of thiazole rings is 1. The maximum atomic E-state index is 5.66. The van der Waals surface area contributed by atoms with Crippen LogP contribution < -0.4 is 5.73 Å². The molecule has 0 radical (unpaired) electrons. The van der Waals surface area contributed by atoms with Gasteiger partial charge in [0.1, 0.15) is 0 Å². The number of nitrogen functional groups attached to an aromatic ring is 1. The summed E-state index contributed by atoms with van der Waals surface area (Å²) in [6.07, 6.45) is 1.79. The van der Waals surface area contributed by atoms with Crippen LogP contribution in [0, 0.1) is 0 Å². The van der Waals surface area contributed by atoms with Crippen LogP contribution in [0.3, 0.4) is 0 Å². The van der Waals surface area contributed by atoms with Gasteiger partial charge in [0.15, 0.2) is 5.13 Å². The zero-order valence-corrected chi connectivity index (χ0v) is 10.4. The number of benzene rings is 1. The van der Waals surface area contributed by atoms with Crippen molar-refractivity contribution in [3.8, 4) is 22.5 Å². The Kier molecular flexibility index (Phi) is 2.78. The van der Waals surface area contributed by atoms with E-state index in [1.807, 2.05) is 41.8 Å². The molecule has 0 aliphatic carbocycles. The number of nitrogens with zero attached hydrogens (tertiary/aromatic N) is 2. The number of nitrogens with two attached hydrogens (primary N) is 1. The molecule has 0 saturated heterocycles. The highest BCUT2D eigenvalue weighted by atomic mass is 32.1. The van der Waals surface area contributed by atoms with E-state index in [1.165, 1.54) is 11.3 Å². The van der Waals surface area contributed by atoms with Gasteiger partial charge in [0, 0.05) is 22.7 Å². The Morgan fingerprint density at radius 3 is 2.44 bits per heavy atom. The molecule has 3 rings (SSSR count).